The number of nitrogens with one attached hydrogen (secondary N) is 2. The van der Waals surface area contributed by atoms with Gasteiger partial charge in [0.1, 0.15) is 11.4 Å². The molecule has 0 saturated heterocycles. The molecule has 2 rings (SSSR count). The second kappa shape index (κ2) is 7.24. The highest BCUT2D eigenvalue weighted by molar-refractivity contribution is 6.31. The highest BCUT2D eigenvalue weighted by Gasteiger charge is 2.20. The van der Waals surface area contributed by atoms with Gasteiger partial charge in [-0.05, 0) is 18.1 Å². The van der Waals surface area contributed by atoms with E-state index in [0.717, 1.165) is 12.0 Å². The van der Waals surface area contributed by atoms with E-state index in [0.29, 0.717) is 36.1 Å². The topological polar surface area (TPSA) is 67.4 Å². The van der Waals surface area contributed by atoms with E-state index in [2.05, 4.69) is 10.6 Å². The highest BCUT2D eigenvalue weighted by Crippen LogP contribution is 2.19. The predicted octanol–water partition coefficient (Wildman–Crippen LogP) is 2.00. The van der Waals surface area contributed by atoms with Crippen molar-refractivity contribution >= 4 is 23.0 Å². The first-order valence-electron chi connectivity index (χ1n) is 6.68. The molecule has 0 aliphatic carbocycles. The molecule has 2 aromatic rings. The van der Waals surface area contributed by atoms with Crippen LogP contribution in [-0.4, -0.2) is 20.3 Å². The van der Waals surface area contributed by atoms with E-state index in [-0.39, 0.29) is 0 Å². The van der Waals surface area contributed by atoms with Gasteiger partial charge in [0.25, 0.3) is 10.9 Å². The van der Waals surface area contributed by atoms with Crippen LogP contribution >= 0.6 is 11.6 Å². The largest absolute Gasteiger partial charge is 0.385 e. The molecule has 0 aliphatic rings. The van der Waals surface area contributed by atoms with Gasteiger partial charge in [-0.1, -0.05) is 29.8 Å². The van der Waals surface area contributed by atoms with Crippen molar-refractivity contribution in [3.05, 3.63) is 55.3 Å². The average molecular weight is 309 g/mol. The first kappa shape index (κ1) is 15.5. The summed E-state index contributed by atoms with van der Waals surface area (Å²) in [4.78, 5) is 23.1. The Morgan fingerprint density at radius 2 is 1.76 bits per heavy atom. The second-order valence-electron chi connectivity index (χ2n) is 4.63. The van der Waals surface area contributed by atoms with Crippen LogP contribution in [0.25, 0.3) is 0 Å². The Morgan fingerprint density at radius 3 is 2.43 bits per heavy atom. The number of hydrogen-bond donors (Lipinski definition) is 2. The lowest BCUT2D eigenvalue weighted by atomic mass is 10.1. The molecule has 0 aliphatic heterocycles. The Kier molecular flexibility index (Phi) is 5.36. The molecule has 0 heterocycles. The number of ether oxygens (including phenoxy) is 1. The van der Waals surface area contributed by atoms with Crippen LogP contribution in [0, 0.1) is 0 Å². The molecular weight excluding hydrogens is 292 g/mol. The van der Waals surface area contributed by atoms with E-state index in [1.54, 1.807) is 13.2 Å². The number of benzene rings is 1. The zero-order valence-electron chi connectivity index (χ0n) is 11.7. The Morgan fingerprint density at radius 1 is 1.10 bits per heavy atom. The number of hydrogen-bond acceptors (Lipinski definition) is 5. The average Bonchev–Trinajstić information content (AvgIpc) is 2.50. The predicted molar refractivity (Wildman–Crippen MR) is 85.1 cm³/mol. The summed E-state index contributed by atoms with van der Waals surface area (Å²) in [5.74, 6) is 0. The maximum atomic E-state index is 11.6. The van der Waals surface area contributed by atoms with Gasteiger partial charge in [0.15, 0.2) is 0 Å². The van der Waals surface area contributed by atoms with Gasteiger partial charge in [0.2, 0.25) is 0 Å². The van der Waals surface area contributed by atoms with Crippen molar-refractivity contribution in [3.63, 3.8) is 0 Å². The zero-order chi connectivity index (χ0) is 15.2. The van der Waals surface area contributed by atoms with Crippen molar-refractivity contribution < 1.29 is 4.74 Å². The summed E-state index contributed by atoms with van der Waals surface area (Å²) in [5, 5.41) is 6.57. The molecule has 6 heteroatoms. The second-order valence-corrected chi connectivity index (χ2v) is 5.03. The number of rotatable bonds is 8. The van der Waals surface area contributed by atoms with Gasteiger partial charge in [0, 0.05) is 31.8 Å². The third-order valence-corrected chi connectivity index (χ3v) is 3.52. The van der Waals surface area contributed by atoms with Crippen LogP contribution in [0.1, 0.15) is 12.0 Å². The molecule has 0 spiro atoms. The van der Waals surface area contributed by atoms with Crippen LogP contribution in [0.2, 0.25) is 5.02 Å². The molecule has 0 radical (unpaired) electrons. The van der Waals surface area contributed by atoms with Gasteiger partial charge in [0.05, 0.1) is 0 Å². The summed E-state index contributed by atoms with van der Waals surface area (Å²) in [5.41, 5.74) is 0.586. The minimum atomic E-state index is -0.490. The normalized spacial score (nSPS) is 10.8. The Balaban J connectivity index is 1.98. The third kappa shape index (κ3) is 3.62. The fourth-order valence-corrected chi connectivity index (χ4v) is 2.19. The van der Waals surface area contributed by atoms with Gasteiger partial charge in [-0.15, -0.1) is 0 Å². The van der Waals surface area contributed by atoms with Crippen LogP contribution in [0.15, 0.2) is 33.9 Å². The lowest BCUT2D eigenvalue weighted by Gasteiger charge is -2.15. The van der Waals surface area contributed by atoms with Gasteiger partial charge in [-0.3, -0.25) is 9.59 Å². The lowest BCUT2D eigenvalue weighted by molar-refractivity contribution is 0.198. The minimum absolute atomic E-state index is 0.331. The number of halogens is 1. The quantitative estimate of drug-likeness (QED) is 0.577. The van der Waals surface area contributed by atoms with Crippen molar-refractivity contribution in [2.45, 2.75) is 13.0 Å². The van der Waals surface area contributed by atoms with Crippen LogP contribution in [0.5, 0.6) is 0 Å². The summed E-state index contributed by atoms with van der Waals surface area (Å²) in [6.45, 7) is 1.58. The van der Waals surface area contributed by atoms with Gasteiger partial charge in [-0.2, -0.15) is 0 Å². The molecule has 0 atom stereocenters. The molecule has 0 bridgehead atoms. The van der Waals surface area contributed by atoms with Crippen LogP contribution in [-0.2, 0) is 11.3 Å². The molecule has 0 saturated carbocycles. The lowest BCUT2D eigenvalue weighted by Crippen LogP contribution is -2.37. The SMILES string of the molecule is COCCCNc1c(NCc2ccccc2Cl)c(=O)c1=O. The maximum absolute atomic E-state index is 11.6. The number of methoxy groups -OCH3 is 1. The van der Waals surface area contributed by atoms with E-state index in [1.807, 2.05) is 18.2 Å². The van der Waals surface area contributed by atoms with Gasteiger partial charge in [-0.25, -0.2) is 0 Å². The molecule has 0 aromatic heterocycles. The first-order chi connectivity index (χ1) is 10.1. The van der Waals surface area contributed by atoms with Crippen LogP contribution < -0.4 is 21.5 Å². The van der Waals surface area contributed by atoms with Crippen molar-refractivity contribution in [2.24, 2.45) is 0 Å². The Hall–Kier alpha value is -1.85. The van der Waals surface area contributed by atoms with E-state index in [1.165, 1.54) is 0 Å². The summed E-state index contributed by atoms with van der Waals surface area (Å²) in [7, 11) is 1.62. The fraction of sp³-hybridized carbons (Fsp3) is 0.333. The monoisotopic (exact) mass is 308 g/mol. The molecule has 2 N–H and O–H groups in total. The molecule has 0 amide bonds. The molecular formula is C15H17ClN2O3. The molecule has 2 aromatic carbocycles. The van der Waals surface area contributed by atoms with Crippen molar-refractivity contribution in [1.29, 1.82) is 0 Å². The summed E-state index contributed by atoms with van der Waals surface area (Å²) in [6, 6.07) is 7.36. The maximum Gasteiger partial charge on any atom is 0.253 e. The standard InChI is InChI=1S/C15H17ClN2O3/c1-21-8-4-7-17-12-13(15(20)14(12)19)18-9-10-5-2-3-6-11(10)16/h2-3,5-6,17-18H,4,7-9H2,1H3. The highest BCUT2D eigenvalue weighted by atomic mass is 35.5. The Labute approximate surface area is 127 Å². The smallest absolute Gasteiger partial charge is 0.253 e. The fourth-order valence-electron chi connectivity index (χ4n) is 1.98. The number of anilines is 2. The molecule has 112 valence electrons. The molecule has 5 nitrogen and oxygen atoms in total. The van der Waals surface area contributed by atoms with Crippen molar-refractivity contribution in [3.8, 4) is 0 Å². The van der Waals surface area contributed by atoms with E-state index >= 15 is 0 Å². The third-order valence-electron chi connectivity index (χ3n) is 3.15. The Bertz CT molecular complexity index is 678. The zero-order valence-corrected chi connectivity index (χ0v) is 12.5. The van der Waals surface area contributed by atoms with Crippen molar-refractivity contribution in [2.75, 3.05) is 30.9 Å². The summed E-state index contributed by atoms with van der Waals surface area (Å²) in [6.07, 6.45) is 0.763. The molecule has 0 unspecified atom stereocenters. The van der Waals surface area contributed by atoms with E-state index < -0.39 is 10.9 Å². The van der Waals surface area contributed by atoms with Crippen molar-refractivity contribution in [1.82, 2.24) is 0 Å². The van der Waals surface area contributed by atoms with Crippen LogP contribution in [0.4, 0.5) is 11.4 Å². The van der Waals surface area contributed by atoms with Crippen LogP contribution in [0.3, 0.4) is 0 Å². The minimum Gasteiger partial charge on any atom is -0.385 e. The van der Waals surface area contributed by atoms with Gasteiger partial charge >= 0.3 is 0 Å². The van der Waals surface area contributed by atoms with E-state index in [4.69, 9.17) is 16.3 Å². The molecule has 21 heavy (non-hydrogen) atoms. The first-order valence-corrected chi connectivity index (χ1v) is 7.06. The van der Waals surface area contributed by atoms with Gasteiger partial charge < -0.3 is 15.4 Å². The van der Waals surface area contributed by atoms with E-state index in [9.17, 15) is 9.59 Å². The summed E-state index contributed by atoms with van der Waals surface area (Å²) < 4.78 is 4.93. The molecule has 0 fully saturated rings. The summed E-state index contributed by atoms with van der Waals surface area (Å²) >= 11 is 6.05.